The van der Waals surface area contributed by atoms with E-state index in [0.29, 0.717) is 6.42 Å². The predicted octanol–water partition coefficient (Wildman–Crippen LogP) is -3.79. The van der Waals surface area contributed by atoms with Gasteiger partial charge in [-0.15, -0.1) is 0 Å². The van der Waals surface area contributed by atoms with E-state index < -0.39 is 73.0 Å². The molecular formula is C16H26N4O9. The molecule has 0 saturated carbocycles. The summed E-state index contributed by atoms with van der Waals surface area (Å²) in [5.74, 6) is -5.57. The van der Waals surface area contributed by atoms with Crippen LogP contribution in [0.3, 0.4) is 0 Å². The normalized spacial score (nSPS) is 20.3. The zero-order valence-electron chi connectivity index (χ0n) is 15.8. The summed E-state index contributed by atoms with van der Waals surface area (Å²) >= 11 is 0. The standard InChI is InChI=1S/C16H26N4O9/c1-7(22)12(17)14(26)19-9(6-21)13(25)18-8(5-11(23)24)15(27)20-4-2-3-10(20)16(28)29/h7-10,12,21-22H,2-6,17H2,1H3,(H,18,25)(H,19,26)(H,23,24)(H,28,29). The van der Waals surface area contributed by atoms with Crippen LogP contribution in [-0.2, 0) is 24.0 Å². The van der Waals surface area contributed by atoms with Crippen LogP contribution in [0.1, 0.15) is 26.2 Å². The first-order chi connectivity index (χ1) is 13.5. The first kappa shape index (κ1) is 24.3. The third-order valence-electron chi connectivity index (χ3n) is 4.45. The van der Waals surface area contributed by atoms with Crippen molar-refractivity contribution >= 4 is 29.7 Å². The number of aliphatic hydroxyl groups excluding tert-OH is 2. The molecule has 29 heavy (non-hydrogen) atoms. The summed E-state index contributed by atoms with van der Waals surface area (Å²) < 4.78 is 0. The van der Waals surface area contributed by atoms with E-state index in [1.807, 2.05) is 0 Å². The molecule has 1 aliphatic heterocycles. The molecule has 3 amide bonds. The maximum absolute atomic E-state index is 12.6. The van der Waals surface area contributed by atoms with E-state index in [0.717, 1.165) is 4.90 Å². The van der Waals surface area contributed by atoms with Gasteiger partial charge in [-0.3, -0.25) is 19.2 Å². The van der Waals surface area contributed by atoms with Crippen molar-refractivity contribution in [1.29, 1.82) is 0 Å². The highest BCUT2D eigenvalue weighted by Crippen LogP contribution is 2.19. The maximum atomic E-state index is 12.6. The number of carbonyl (C=O) groups is 5. The van der Waals surface area contributed by atoms with Crippen molar-refractivity contribution in [1.82, 2.24) is 15.5 Å². The zero-order chi connectivity index (χ0) is 22.3. The molecule has 0 aromatic carbocycles. The van der Waals surface area contributed by atoms with Gasteiger partial charge in [0.25, 0.3) is 0 Å². The SMILES string of the molecule is CC(O)C(N)C(=O)NC(CO)C(=O)NC(CC(=O)O)C(=O)N1CCCC1C(=O)O. The molecule has 5 atom stereocenters. The molecular weight excluding hydrogens is 392 g/mol. The molecule has 1 aliphatic rings. The molecule has 0 spiro atoms. The van der Waals surface area contributed by atoms with Gasteiger partial charge in [0.1, 0.15) is 24.2 Å². The lowest BCUT2D eigenvalue weighted by Crippen LogP contribution is -2.59. The zero-order valence-corrected chi connectivity index (χ0v) is 15.8. The van der Waals surface area contributed by atoms with Crippen LogP contribution in [0.25, 0.3) is 0 Å². The fourth-order valence-electron chi connectivity index (χ4n) is 2.82. The van der Waals surface area contributed by atoms with E-state index in [-0.39, 0.29) is 13.0 Å². The number of likely N-dealkylation sites (tertiary alicyclic amines) is 1. The average Bonchev–Trinajstić information content (AvgIpc) is 3.13. The fraction of sp³-hybridized carbons (Fsp3) is 0.688. The molecule has 0 aromatic rings. The van der Waals surface area contributed by atoms with Crippen molar-refractivity contribution in [3.8, 4) is 0 Å². The Labute approximate surface area is 165 Å². The van der Waals surface area contributed by atoms with Crippen LogP contribution in [0.15, 0.2) is 0 Å². The first-order valence-corrected chi connectivity index (χ1v) is 8.89. The number of carboxylic acids is 2. The number of hydrogen-bond acceptors (Lipinski definition) is 8. The molecule has 13 heteroatoms. The molecule has 5 unspecified atom stereocenters. The third-order valence-corrected chi connectivity index (χ3v) is 4.45. The van der Waals surface area contributed by atoms with Crippen molar-refractivity contribution in [2.24, 2.45) is 5.73 Å². The van der Waals surface area contributed by atoms with E-state index in [2.05, 4.69) is 10.6 Å². The van der Waals surface area contributed by atoms with Gasteiger partial charge in [0.15, 0.2) is 0 Å². The van der Waals surface area contributed by atoms with E-state index in [1.165, 1.54) is 6.92 Å². The number of rotatable bonds is 10. The van der Waals surface area contributed by atoms with Gasteiger partial charge in [-0.05, 0) is 19.8 Å². The minimum atomic E-state index is -1.60. The Morgan fingerprint density at radius 3 is 2.17 bits per heavy atom. The highest BCUT2D eigenvalue weighted by atomic mass is 16.4. The smallest absolute Gasteiger partial charge is 0.326 e. The Morgan fingerprint density at radius 2 is 1.69 bits per heavy atom. The first-order valence-electron chi connectivity index (χ1n) is 8.89. The molecule has 0 aromatic heterocycles. The lowest BCUT2D eigenvalue weighted by atomic mass is 10.1. The lowest BCUT2D eigenvalue weighted by Gasteiger charge is -2.28. The fourth-order valence-corrected chi connectivity index (χ4v) is 2.82. The highest BCUT2D eigenvalue weighted by molar-refractivity contribution is 5.95. The Kier molecular flexibility index (Phi) is 8.94. The third kappa shape index (κ3) is 6.66. The van der Waals surface area contributed by atoms with Gasteiger partial charge in [-0.1, -0.05) is 0 Å². The molecule has 1 saturated heterocycles. The number of nitrogens with one attached hydrogen (secondary N) is 2. The molecule has 0 bridgehead atoms. The van der Waals surface area contributed by atoms with Gasteiger partial charge in [-0.25, -0.2) is 4.79 Å². The number of nitrogens with zero attached hydrogens (tertiary/aromatic N) is 1. The minimum Gasteiger partial charge on any atom is -0.481 e. The molecule has 1 heterocycles. The number of aliphatic hydroxyl groups is 2. The monoisotopic (exact) mass is 418 g/mol. The molecule has 13 nitrogen and oxygen atoms in total. The Balaban J connectivity index is 2.91. The largest absolute Gasteiger partial charge is 0.481 e. The Morgan fingerprint density at radius 1 is 1.10 bits per heavy atom. The Hall–Kier alpha value is -2.77. The summed E-state index contributed by atoms with van der Waals surface area (Å²) in [5.41, 5.74) is 5.44. The van der Waals surface area contributed by atoms with Crippen LogP contribution in [0.2, 0.25) is 0 Å². The molecule has 1 rings (SSSR count). The number of aliphatic carboxylic acids is 2. The Bertz CT molecular complexity index is 654. The summed E-state index contributed by atoms with van der Waals surface area (Å²) in [6.45, 7) is 0.444. The van der Waals surface area contributed by atoms with Crippen LogP contribution in [0, 0.1) is 0 Å². The van der Waals surface area contributed by atoms with Gasteiger partial charge in [0, 0.05) is 6.54 Å². The van der Waals surface area contributed by atoms with Crippen LogP contribution in [0.4, 0.5) is 0 Å². The quantitative estimate of drug-likeness (QED) is 0.183. The molecule has 0 aliphatic carbocycles. The predicted molar refractivity (Wildman–Crippen MR) is 95.2 cm³/mol. The molecule has 8 N–H and O–H groups in total. The second-order valence-electron chi connectivity index (χ2n) is 6.70. The van der Waals surface area contributed by atoms with Gasteiger partial charge in [0.2, 0.25) is 17.7 Å². The molecule has 1 fully saturated rings. The van der Waals surface area contributed by atoms with Crippen LogP contribution in [0.5, 0.6) is 0 Å². The number of carbonyl (C=O) groups excluding carboxylic acids is 3. The number of carboxylic acid groups (broad SMARTS) is 2. The summed E-state index contributed by atoms with van der Waals surface area (Å²) in [6.07, 6.45) is -1.46. The van der Waals surface area contributed by atoms with E-state index in [1.54, 1.807) is 0 Å². The van der Waals surface area contributed by atoms with E-state index in [4.69, 9.17) is 10.8 Å². The van der Waals surface area contributed by atoms with Crippen LogP contribution >= 0.6 is 0 Å². The molecule has 164 valence electrons. The van der Waals surface area contributed by atoms with Crippen LogP contribution < -0.4 is 16.4 Å². The van der Waals surface area contributed by atoms with Crippen LogP contribution in [-0.4, -0.2) is 98.4 Å². The van der Waals surface area contributed by atoms with Crippen molar-refractivity contribution in [2.45, 2.75) is 56.5 Å². The summed E-state index contributed by atoms with van der Waals surface area (Å²) in [6, 6.07) is -5.68. The van der Waals surface area contributed by atoms with Crippen molar-refractivity contribution < 1.29 is 44.4 Å². The number of amides is 3. The van der Waals surface area contributed by atoms with Gasteiger partial charge in [0.05, 0.1) is 19.1 Å². The summed E-state index contributed by atoms with van der Waals surface area (Å²) in [7, 11) is 0. The van der Waals surface area contributed by atoms with Crippen molar-refractivity contribution in [2.75, 3.05) is 13.2 Å². The maximum Gasteiger partial charge on any atom is 0.326 e. The lowest BCUT2D eigenvalue weighted by molar-refractivity contribution is -0.150. The average molecular weight is 418 g/mol. The van der Waals surface area contributed by atoms with Gasteiger partial charge in [-0.2, -0.15) is 0 Å². The van der Waals surface area contributed by atoms with Gasteiger partial charge >= 0.3 is 11.9 Å². The minimum absolute atomic E-state index is 0.0885. The van der Waals surface area contributed by atoms with E-state index >= 15 is 0 Å². The number of hydrogen-bond donors (Lipinski definition) is 7. The summed E-state index contributed by atoms with van der Waals surface area (Å²) in [5, 5.41) is 41.1. The second kappa shape index (κ2) is 10.7. The van der Waals surface area contributed by atoms with Crippen molar-refractivity contribution in [3.63, 3.8) is 0 Å². The van der Waals surface area contributed by atoms with E-state index in [9.17, 15) is 39.3 Å². The second-order valence-corrected chi connectivity index (χ2v) is 6.70. The van der Waals surface area contributed by atoms with Crippen molar-refractivity contribution in [3.05, 3.63) is 0 Å². The number of nitrogens with two attached hydrogens (primary N) is 1. The molecule has 0 radical (unpaired) electrons. The summed E-state index contributed by atoms with van der Waals surface area (Å²) in [4.78, 5) is 60.2. The highest BCUT2D eigenvalue weighted by Gasteiger charge is 2.39. The topological polar surface area (TPSA) is 220 Å². The van der Waals surface area contributed by atoms with Gasteiger partial charge < -0.3 is 41.7 Å².